The molecule has 5 nitrogen and oxygen atoms in total. The lowest BCUT2D eigenvalue weighted by molar-refractivity contribution is -0.147. The number of aliphatic carboxylic acids is 1. The minimum Gasteiger partial charge on any atom is -0.481 e. The number of carboxylic acid groups (broad SMARTS) is 1. The van der Waals surface area contributed by atoms with Gasteiger partial charge in [0, 0.05) is 12.8 Å². The van der Waals surface area contributed by atoms with Gasteiger partial charge in [-0.15, -0.1) is 0 Å². The molecule has 0 aromatic carbocycles. The maximum absolute atomic E-state index is 11.2. The first-order chi connectivity index (χ1) is 6.32. The van der Waals surface area contributed by atoms with E-state index < -0.39 is 26.5 Å². The molecule has 0 bridgehead atoms. The number of carboxylic acids is 1. The van der Waals surface area contributed by atoms with Crippen LogP contribution in [0.15, 0.2) is 0 Å². The first kappa shape index (κ1) is 11.5. The topological polar surface area (TPSA) is 97.5 Å². The second-order valence-corrected chi connectivity index (χ2v) is 6.31. The summed E-state index contributed by atoms with van der Waals surface area (Å²) in [7, 11) is -3.14. The fraction of sp³-hybridized carbons (Fsp3) is 0.875. The van der Waals surface area contributed by atoms with Crippen molar-refractivity contribution in [1.29, 1.82) is 0 Å². The summed E-state index contributed by atoms with van der Waals surface area (Å²) < 4.78 is 22.5. The van der Waals surface area contributed by atoms with Crippen LogP contribution < -0.4 is 5.73 Å². The second-order valence-electron chi connectivity index (χ2n) is 3.98. The van der Waals surface area contributed by atoms with Gasteiger partial charge in [0.05, 0.1) is 10.7 Å². The SMILES string of the molecule is CS(=O)(=O)[C@@H]1CC[C@@](CN)(C(=O)O)C1. The van der Waals surface area contributed by atoms with Gasteiger partial charge in [-0.05, 0) is 19.3 Å². The van der Waals surface area contributed by atoms with Crippen LogP contribution in [0.25, 0.3) is 0 Å². The van der Waals surface area contributed by atoms with Gasteiger partial charge in [0.15, 0.2) is 0 Å². The zero-order chi connectivity index (χ0) is 11.0. The first-order valence-electron chi connectivity index (χ1n) is 4.44. The molecule has 1 saturated carbocycles. The molecule has 0 aromatic heterocycles. The molecule has 6 heteroatoms. The molecule has 0 heterocycles. The zero-order valence-electron chi connectivity index (χ0n) is 8.06. The highest BCUT2D eigenvalue weighted by atomic mass is 32.2. The molecule has 0 aliphatic heterocycles. The van der Waals surface area contributed by atoms with Crippen LogP contribution in [-0.4, -0.2) is 37.5 Å². The zero-order valence-corrected chi connectivity index (χ0v) is 8.88. The second kappa shape index (κ2) is 3.51. The van der Waals surface area contributed by atoms with E-state index in [1.165, 1.54) is 0 Å². The number of carbonyl (C=O) groups is 1. The fourth-order valence-electron chi connectivity index (χ4n) is 1.91. The predicted octanol–water partition coefficient (Wildman–Crippen LogP) is -0.387. The standard InChI is InChI=1S/C8H15NO4S/c1-14(12,13)6-2-3-8(4-6,5-9)7(10)11/h6H,2-5,9H2,1H3,(H,10,11)/t6-,8-/m1/s1. The Morgan fingerprint density at radius 1 is 1.64 bits per heavy atom. The summed E-state index contributed by atoms with van der Waals surface area (Å²) in [5, 5.41) is 8.43. The molecule has 3 N–H and O–H groups in total. The Labute approximate surface area is 83.2 Å². The van der Waals surface area contributed by atoms with Crippen molar-refractivity contribution in [1.82, 2.24) is 0 Å². The smallest absolute Gasteiger partial charge is 0.310 e. The summed E-state index contributed by atoms with van der Waals surface area (Å²) in [5.74, 6) is -0.980. The van der Waals surface area contributed by atoms with Gasteiger partial charge in [-0.25, -0.2) is 8.42 Å². The van der Waals surface area contributed by atoms with E-state index in [0.29, 0.717) is 12.8 Å². The molecule has 1 rings (SSSR count). The largest absolute Gasteiger partial charge is 0.481 e. The van der Waals surface area contributed by atoms with Gasteiger partial charge in [0.2, 0.25) is 0 Å². The molecule has 0 aromatic rings. The van der Waals surface area contributed by atoms with Crippen LogP contribution >= 0.6 is 0 Å². The summed E-state index contributed by atoms with van der Waals surface area (Å²) in [6.07, 6.45) is 2.06. The normalized spacial score (nSPS) is 33.1. The number of hydrogen-bond donors (Lipinski definition) is 2. The highest BCUT2D eigenvalue weighted by Gasteiger charge is 2.47. The third-order valence-corrected chi connectivity index (χ3v) is 4.63. The van der Waals surface area contributed by atoms with E-state index in [2.05, 4.69) is 0 Å². The number of sulfone groups is 1. The lowest BCUT2D eigenvalue weighted by Gasteiger charge is -2.21. The maximum atomic E-state index is 11.2. The monoisotopic (exact) mass is 221 g/mol. The average molecular weight is 221 g/mol. The van der Waals surface area contributed by atoms with E-state index in [4.69, 9.17) is 10.8 Å². The molecule has 14 heavy (non-hydrogen) atoms. The van der Waals surface area contributed by atoms with Crippen molar-refractivity contribution in [2.45, 2.75) is 24.5 Å². The predicted molar refractivity (Wildman–Crippen MR) is 51.6 cm³/mol. The summed E-state index contributed by atoms with van der Waals surface area (Å²) >= 11 is 0. The molecular formula is C8H15NO4S. The molecule has 0 radical (unpaired) electrons. The van der Waals surface area contributed by atoms with Gasteiger partial charge in [-0.1, -0.05) is 0 Å². The third kappa shape index (κ3) is 1.90. The van der Waals surface area contributed by atoms with Crippen molar-refractivity contribution < 1.29 is 18.3 Å². The highest BCUT2D eigenvalue weighted by Crippen LogP contribution is 2.40. The lowest BCUT2D eigenvalue weighted by atomic mass is 9.87. The molecule has 82 valence electrons. The van der Waals surface area contributed by atoms with Crippen LogP contribution in [0.3, 0.4) is 0 Å². The van der Waals surface area contributed by atoms with E-state index >= 15 is 0 Å². The first-order valence-corrected chi connectivity index (χ1v) is 6.39. The summed E-state index contributed by atoms with van der Waals surface area (Å²) in [6, 6.07) is 0. The Balaban J connectivity index is 2.87. The number of nitrogens with two attached hydrogens (primary N) is 1. The van der Waals surface area contributed by atoms with Crippen LogP contribution in [0.2, 0.25) is 0 Å². The van der Waals surface area contributed by atoms with Crippen molar-refractivity contribution in [2.75, 3.05) is 12.8 Å². The van der Waals surface area contributed by atoms with Gasteiger partial charge in [0.1, 0.15) is 9.84 Å². The van der Waals surface area contributed by atoms with Gasteiger partial charge in [-0.2, -0.15) is 0 Å². The third-order valence-electron chi connectivity index (χ3n) is 3.01. The minimum atomic E-state index is -3.14. The summed E-state index contributed by atoms with van der Waals surface area (Å²) in [4.78, 5) is 11.0. The Morgan fingerprint density at radius 3 is 2.43 bits per heavy atom. The van der Waals surface area contributed by atoms with Crippen molar-refractivity contribution in [2.24, 2.45) is 11.1 Å². The van der Waals surface area contributed by atoms with E-state index in [0.717, 1.165) is 6.26 Å². The van der Waals surface area contributed by atoms with E-state index in [-0.39, 0.29) is 13.0 Å². The van der Waals surface area contributed by atoms with Crippen molar-refractivity contribution in [3.8, 4) is 0 Å². The van der Waals surface area contributed by atoms with Crippen LogP contribution in [0.5, 0.6) is 0 Å². The van der Waals surface area contributed by atoms with Gasteiger partial charge in [0.25, 0.3) is 0 Å². The Kier molecular flexibility index (Phi) is 2.87. The Bertz CT molecular complexity index is 337. The molecule has 1 aliphatic carbocycles. The van der Waals surface area contributed by atoms with Gasteiger partial charge < -0.3 is 10.8 Å². The van der Waals surface area contributed by atoms with Crippen molar-refractivity contribution in [3.05, 3.63) is 0 Å². The number of rotatable bonds is 3. The van der Waals surface area contributed by atoms with Crippen LogP contribution in [-0.2, 0) is 14.6 Å². The molecule has 0 amide bonds. The molecule has 0 spiro atoms. The van der Waals surface area contributed by atoms with Gasteiger partial charge in [-0.3, -0.25) is 4.79 Å². The molecule has 0 saturated heterocycles. The summed E-state index contributed by atoms with van der Waals surface area (Å²) in [6.45, 7) is 0.00829. The molecule has 0 unspecified atom stereocenters. The fourth-order valence-corrected chi connectivity index (χ4v) is 3.08. The van der Waals surface area contributed by atoms with E-state index in [9.17, 15) is 13.2 Å². The van der Waals surface area contributed by atoms with Crippen LogP contribution in [0, 0.1) is 5.41 Å². The lowest BCUT2D eigenvalue weighted by Crippen LogP contribution is -2.37. The molecule has 2 atom stereocenters. The van der Waals surface area contributed by atoms with E-state index in [1.54, 1.807) is 0 Å². The van der Waals surface area contributed by atoms with Gasteiger partial charge >= 0.3 is 5.97 Å². The van der Waals surface area contributed by atoms with Crippen molar-refractivity contribution in [3.63, 3.8) is 0 Å². The highest BCUT2D eigenvalue weighted by molar-refractivity contribution is 7.91. The Morgan fingerprint density at radius 2 is 2.21 bits per heavy atom. The average Bonchev–Trinajstić information content (AvgIpc) is 2.47. The molecule has 1 aliphatic rings. The number of hydrogen-bond acceptors (Lipinski definition) is 4. The minimum absolute atomic E-state index is 0.00829. The van der Waals surface area contributed by atoms with Crippen LogP contribution in [0.1, 0.15) is 19.3 Å². The van der Waals surface area contributed by atoms with E-state index in [1.807, 2.05) is 0 Å². The molecular weight excluding hydrogens is 206 g/mol. The molecule has 1 fully saturated rings. The Hall–Kier alpha value is -0.620. The van der Waals surface area contributed by atoms with Crippen LogP contribution in [0.4, 0.5) is 0 Å². The summed E-state index contributed by atoms with van der Waals surface area (Å²) in [5.41, 5.74) is 4.38. The van der Waals surface area contributed by atoms with Crippen molar-refractivity contribution >= 4 is 15.8 Å². The maximum Gasteiger partial charge on any atom is 0.310 e. The quantitative estimate of drug-likeness (QED) is 0.676.